The second-order valence-electron chi connectivity index (χ2n) is 5.24. The molecule has 1 aliphatic heterocycles. The molecular formula is C18H17ClO5S. The number of ether oxygens (including phenoxy) is 4. The molecule has 1 aliphatic rings. The summed E-state index contributed by atoms with van der Waals surface area (Å²) in [6, 6.07) is 8.83. The molecule has 0 spiro atoms. The minimum atomic E-state index is -0.462. The van der Waals surface area contributed by atoms with Crippen LogP contribution in [0.2, 0.25) is 5.02 Å². The lowest BCUT2D eigenvalue weighted by atomic mass is 10.2. The molecule has 132 valence electrons. The van der Waals surface area contributed by atoms with Gasteiger partial charge in [-0.3, -0.25) is 0 Å². The summed E-state index contributed by atoms with van der Waals surface area (Å²) in [5, 5.41) is 0.435. The van der Waals surface area contributed by atoms with Gasteiger partial charge in [0.05, 0.1) is 12.1 Å². The fourth-order valence-corrected chi connectivity index (χ4v) is 3.16. The quantitative estimate of drug-likeness (QED) is 0.572. The van der Waals surface area contributed by atoms with Crippen LogP contribution in [0.3, 0.4) is 0 Å². The van der Waals surface area contributed by atoms with Crippen LogP contribution in [0.1, 0.15) is 15.9 Å². The second kappa shape index (κ2) is 7.89. The number of rotatable bonds is 5. The van der Waals surface area contributed by atoms with Gasteiger partial charge < -0.3 is 18.9 Å². The SMILES string of the molecule is COc1cc(SC)ccc1C(=O)OCc1cc(Cl)c2c(c1)OCCO2. The maximum atomic E-state index is 12.4. The maximum Gasteiger partial charge on any atom is 0.342 e. The summed E-state index contributed by atoms with van der Waals surface area (Å²) in [5.74, 6) is 1.11. The summed E-state index contributed by atoms with van der Waals surface area (Å²) in [7, 11) is 1.52. The van der Waals surface area contributed by atoms with Crippen LogP contribution in [0.4, 0.5) is 0 Å². The van der Waals surface area contributed by atoms with Gasteiger partial charge in [-0.2, -0.15) is 0 Å². The van der Waals surface area contributed by atoms with Gasteiger partial charge in [-0.1, -0.05) is 11.6 Å². The standard InChI is InChI=1S/C18H17ClO5S/c1-21-15-9-12(25-2)3-4-13(15)18(20)24-10-11-7-14(19)17-16(8-11)22-5-6-23-17/h3-4,7-9H,5-6,10H2,1-2H3. The predicted molar refractivity (Wildman–Crippen MR) is 96.3 cm³/mol. The molecule has 25 heavy (non-hydrogen) atoms. The Bertz CT molecular complexity index is 793. The van der Waals surface area contributed by atoms with Crippen LogP contribution >= 0.6 is 23.4 Å². The number of thioether (sulfide) groups is 1. The summed E-state index contributed by atoms with van der Waals surface area (Å²) in [5.41, 5.74) is 1.10. The van der Waals surface area contributed by atoms with E-state index in [0.29, 0.717) is 41.0 Å². The summed E-state index contributed by atoms with van der Waals surface area (Å²) < 4.78 is 21.7. The third-order valence-corrected chi connectivity index (χ3v) is 4.66. The molecule has 1 heterocycles. The van der Waals surface area contributed by atoms with Crippen molar-refractivity contribution in [3.05, 3.63) is 46.5 Å². The molecule has 0 fully saturated rings. The Kier molecular flexibility index (Phi) is 5.60. The Morgan fingerprint density at radius 3 is 2.80 bits per heavy atom. The number of hydrogen-bond donors (Lipinski definition) is 0. The number of carbonyl (C=O) groups is 1. The molecule has 0 saturated carbocycles. The van der Waals surface area contributed by atoms with Crippen molar-refractivity contribution in [1.29, 1.82) is 0 Å². The van der Waals surface area contributed by atoms with E-state index in [1.807, 2.05) is 18.4 Å². The van der Waals surface area contributed by atoms with Crippen molar-refractivity contribution in [2.24, 2.45) is 0 Å². The lowest BCUT2D eigenvalue weighted by molar-refractivity contribution is 0.0468. The molecule has 0 aliphatic carbocycles. The molecule has 0 saturated heterocycles. The van der Waals surface area contributed by atoms with E-state index in [0.717, 1.165) is 10.5 Å². The third-order valence-electron chi connectivity index (χ3n) is 3.66. The highest BCUT2D eigenvalue weighted by Gasteiger charge is 2.18. The number of benzene rings is 2. The molecule has 0 amide bonds. The summed E-state index contributed by atoms with van der Waals surface area (Å²) in [4.78, 5) is 13.4. The zero-order chi connectivity index (χ0) is 17.8. The molecular weight excluding hydrogens is 364 g/mol. The van der Waals surface area contributed by atoms with Crippen molar-refractivity contribution < 1.29 is 23.7 Å². The van der Waals surface area contributed by atoms with Crippen LogP contribution < -0.4 is 14.2 Å². The second-order valence-corrected chi connectivity index (χ2v) is 6.53. The van der Waals surface area contributed by atoms with Crippen molar-refractivity contribution in [3.63, 3.8) is 0 Å². The lowest BCUT2D eigenvalue weighted by Crippen LogP contribution is -2.16. The first kappa shape index (κ1) is 17.8. The Hall–Kier alpha value is -2.05. The Morgan fingerprint density at radius 2 is 2.04 bits per heavy atom. The maximum absolute atomic E-state index is 12.4. The lowest BCUT2D eigenvalue weighted by Gasteiger charge is -2.20. The molecule has 2 aromatic rings. The molecule has 0 unspecified atom stereocenters. The van der Waals surface area contributed by atoms with E-state index in [-0.39, 0.29) is 6.61 Å². The average Bonchev–Trinajstić information content (AvgIpc) is 2.65. The molecule has 0 N–H and O–H groups in total. The number of carbonyl (C=O) groups excluding carboxylic acids is 1. The summed E-state index contributed by atoms with van der Waals surface area (Å²) in [6.07, 6.45) is 1.96. The molecule has 7 heteroatoms. The van der Waals surface area contributed by atoms with Crippen LogP contribution in [0.5, 0.6) is 17.2 Å². The van der Waals surface area contributed by atoms with Crippen LogP contribution in [-0.4, -0.2) is 32.5 Å². The van der Waals surface area contributed by atoms with E-state index in [4.69, 9.17) is 30.5 Å². The third kappa shape index (κ3) is 3.96. The van der Waals surface area contributed by atoms with Crippen LogP contribution in [0, 0.1) is 0 Å². The number of hydrogen-bond acceptors (Lipinski definition) is 6. The fourth-order valence-electron chi connectivity index (χ4n) is 2.44. The first-order valence-electron chi connectivity index (χ1n) is 7.59. The number of fused-ring (bicyclic) bond motifs is 1. The Balaban J connectivity index is 1.73. The molecule has 0 radical (unpaired) electrons. The van der Waals surface area contributed by atoms with Crippen molar-refractivity contribution in [2.45, 2.75) is 11.5 Å². The number of methoxy groups -OCH3 is 1. The molecule has 0 aromatic heterocycles. The zero-order valence-electron chi connectivity index (χ0n) is 13.8. The van der Waals surface area contributed by atoms with Gasteiger partial charge in [-0.15, -0.1) is 11.8 Å². The normalized spacial score (nSPS) is 12.6. The Labute approximate surface area is 155 Å². The van der Waals surface area contributed by atoms with E-state index in [2.05, 4.69) is 0 Å². The van der Waals surface area contributed by atoms with E-state index in [1.54, 1.807) is 30.0 Å². The summed E-state index contributed by atoms with van der Waals surface area (Å²) >= 11 is 7.76. The first-order valence-corrected chi connectivity index (χ1v) is 9.20. The van der Waals surface area contributed by atoms with Crippen LogP contribution in [-0.2, 0) is 11.3 Å². The van der Waals surface area contributed by atoms with Gasteiger partial charge in [-0.25, -0.2) is 4.79 Å². The van der Waals surface area contributed by atoms with Gasteiger partial charge in [0, 0.05) is 4.90 Å². The van der Waals surface area contributed by atoms with E-state index in [1.165, 1.54) is 7.11 Å². The molecule has 0 atom stereocenters. The topological polar surface area (TPSA) is 54.0 Å². The van der Waals surface area contributed by atoms with E-state index in [9.17, 15) is 4.79 Å². The van der Waals surface area contributed by atoms with Crippen LogP contribution in [0.15, 0.2) is 35.2 Å². The monoisotopic (exact) mass is 380 g/mol. The van der Waals surface area contributed by atoms with Gasteiger partial charge in [0.25, 0.3) is 0 Å². The number of halogens is 1. The van der Waals surface area contributed by atoms with E-state index < -0.39 is 5.97 Å². The number of esters is 1. The highest BCUT2D eigenvalue weighted by molar-refractivity contribution is 7.98. The largest absolute Gasteiger partial charge is 0.496 e. The zero-order valence-corrected chi connectivity index (χ0v) is 15.4. The molecule has 0 bridgehead atoms. The van der Waals surface area contributed by atoms with Crippen molar-refractivity contribution in [2.75, 3.05) is 26.6 Å². The van der Waals surface area contributed by atoms with Crippen molar-refractivity contribution in [3.8, 4) is 17.2 Å². The van der Waals surface area contributed by atoms with E-state index >= 15 is 0 Å². The van der Waals surface area contributed by atoms with Gasteiger partial charge in [0.15, 0.2) is 11.5 Å². The van der Waals surface area contributed by atoms with Crippen molar-refractivity contribution in [1.82, 2.24) is 0 Å². The highest BCUT2D eigenvalue weighted by atomic mass is 35.5. The predicted octanol–water partition coefficient (Wildman–Crippen LogP) is 4.20. The molecule has 3 rings (SSSR count). The van der Waals surface area contributed by atoms with Gasteiger partial charge in [0.1, 0.15) is 31.1 Å². The molecule has 5 nitrogen and oxygen atoms in total. The van der Waals surface area contributed by atoms with Crippen LogP contribution in [0.25, 0.3) is 0 Å². The van der Waals surface area contributed by atoms with Gasteiger partial charge in [0.2, 0.25) is 0 Å². The smallest absolute Gasteiger partial charge is 0.342 e. The van der Waals surface area contributed by atoms with Gasteiger partial charge in [-0.05, 0) is 42.2 Å². The minimum Gasteiger partial charge on any atom is -0.496 e. The highest BCUT2D eigenvalue weighted by Crippen LogP contribution is 2.38. The summed E-state index contributed by atoms with van der Waals surface area (Å²) in [6.45, 7) is 1.00. The Morgan fingerprint density at radius 1 is 1.24 bits per heavy atom. The van der Waals surface area contributed by atoms with Gasteiger partial charge >= 0.3 is 5.97 Å². The minimum absolute atomic E-state index is 0.0721. The average molecular weight is 381 g/mol. The first-order chi connectivity index (χ1) is 12.1. The fraction of sp³-hybridized carbons (Fsp3) is 0.278. The molecule has 2 aromatic carbocycles. The van der Waals surface area contributed by atoms with Crippen molar-refractivity contribution >= 4 is 29.3 Å².